The molecule has 0 aliphatic heterocycles. The molecule has 2 rings (SSSR count). The highest BCUT2D eigenvalue weighted by atomic mass is 32.1. The van der Waals surface area contributed by atoms with E-state index in [0.717, 1.165) is 16.9 Å². The van der Waals surface area contributed by atoms with Crippen molar-refractivity contribution in [1.82, 2.24) is 5.43 Å². The Bertz CT molecular complexity index is 718. The van der Waals surface area contributed by atoms with E-state index < -0.39 is 0 Å². The second kappa shape index (κ2) is 8.73. The number of benzene rings is 2. The quantitative estimate of drug-likeness (QED) is 0.456. The minimum atomic E-state index is 0.109. The topological polar surface area (TPSA) is 78.1 Å². The number of hydrogen-bond donors (Lipinski definition) is 2. The minimum absolute atomic E-state index is 0.109. The van der Waals surface area contributed by atoms with Gasteiger partial charge < -0.3 is 19.9 Å². The van der Waals surface area contributed by atoms with Crippen molar-refractivity contribution in [3.05, 3.63) is 53.6 Å². The Morgan fingerprint density at radius 2 is 1.88 bits per heavy atom. The zero-order chi connectivity index (χ0) is 17.4. The molecule has 0 unspecified atom stereocenters. The first-order chi connectivity index (χ1) is 11.6. The number of hydrazone groups is 1. The summed E-state index contributed by atoms with van der Waals surface area (Å²) in [5, 5.41) is 4.02. The molecule has 3 N–H and O–H groups in total. The van der Waals surface area contributed by atoms with Crippen molar-refractivity contribution >= 4 is 23.5 Å². The summed E-state index contributed by atoms with van der Waals surface area (Å²) in [6, 6.07) is 13.2. The zero-order valence-corrected chi connectivity index (χ0v) is 14.3. The smallest absolute Gasteiger partial charge is 0.184 e. The summed E-state index contributed by atoms with van der Waals surface area (Å²) in [7, 11) is 3.22. The Kier molecular flexibility index (Phi) is 6.39. The lowest BCUT2D eigenvalue weighted by molar-refractivity contribution is 0.284. The van der Waals surface area contributed by atoms with Crippen LogP contribution in [0.3, 0.4) is 0 Å². The Morgan fingerprint density at radius 3 is 2.50 bits per heavy atom. The van der Waals surface area contributed by atoms with Crippen molar-refractivity contribution in [2.45, 2.75) is 6.61 Å². The molecule has 0 amide bonds. The lowest BCUT2D eigenvalue weighted by Gasteiger charge is -2.11. The van der Waals surface area contributed by atoms with Crippen LogP contribution in [0.2, 0.25) is 0 Å². The van der Waals surface area contributed by atoms with Gasteiger partial charge in [0.25, 0.3) is 0 Å². The normalized spacial score (nSPS) is 10.4. The fraction of sp³-hybridized carbons (Fsp3) is 0.176. The fourth-order valence-corrected chi connectivity index (χ4v) is 1.99. The summed E-state index contributed by atoms with van der Waals surface area (Å²) in [5.74, 6) is 2.07. The van der Waals surface area contributed by atoms with Gasteiger partial charge in [-0.25, -0.2) is 0 Å². The molecule has 0 heterocycles. The Hall–Kier alpha value is -2.80. The SMILES string of the molecule is COc1ccc(COc2ccc(C=NNC(N)=S)cc2OC)cc1. The second-order valence-electron chi connectivity index (χ2n) is 4.78. The first-order valence-corrected chi connectivity index (χ1v) is 7.55. The van der Waals surface area contributed by atoms with Crippen molar-refractivity contribution in [3.63, 3.8) is 0 Å². The van der Waals surface area contributed by atoms with Crippen molar-refractivity contribution in [1.29, 1.82) is 0 Å². The van der Waals surface area contributed by atoms with Crippen LogP contribution in [0.4, 0.5) is 0 Å². The average Bonchev–Trinajstić information content (AvgIpc) is 2.60. The lowest BCUT2D eigenvalue weighted by atomic mass is 10.2. The number of rotatable bonds is 7. The number of hydrogen-bond acceptors (Lipinski definition) is 5. The van der Waals surface area contributed by atoms with Gasteiger partial charge in [0.15, 0.2) is 16.6 Å². The second-order valence-corrected chi connectivity index (χ2v) is 5.22. The molecule has 0 bridgehead atoms. The van der Waals surface area contributed by atoms with Gasteiger partial charge in [-0.15, -0.1) is 0 Å². The molecule has 6 nitrogen and oxygen atoms in total. The summed E-state index contributed by atoms with van der Waals surface area (Å²) in [6.07, 6.45) is 1.59. The minimum Gasteiger partial charge on any atom is -0.497 e. The van der Waals surface area contributed by atoms with Crippen molar-refractivity contribution < 1.29 is 14.2 Å². The van der Waals surface area contributed by atoms with Gasteiger partial charge in [-0.3, -0.25) is 5.43 Å². The zero-order valence-electron chi connectivity index (χ0n) is 13.5. The standard InChI is InChI=1S/C17H19N3O3S/c1-21-14-6-3-12(4-7-14)11-23-15-8-5-13(9-16(15)22-2)10-19-20-17(18)24/h3-10H,11H2,1-2H3,(H3,18,20,24). The molecule has 0 aliphatic rings. The maximum Gasteiger partial charge on any atom is 0.184 e. The number of nitrogens with one attached hydrogen (secondary N) is 1. The van der Waals surface area contributed by atoms with Crippen LogP contribution >= 0.6 is 12.2 Å². The number of methoxy groups -OCH3 is 2. The van der Waals surface area contributed by atoms with E-state index in [2.05, 4.69) is 22.7 Å². The molecule has 0 radical (unpaired) electrons. The Labute approximate surface area is 146 Å². The largest absolute Gasteiger partial charge is 0.497 e. The van der Waals surface area contributed by atoms with E-state index in [1.807, 2.05) is 42.5 Å². The van der Waals surface area contributed by atoms with Gasteiger partial charge in [-0.1, -0.05) is 12.1 Å². The van der Waals surface area contributed by atoms with Gasteiger partial charge in [0.1, 0.15) is 12.4 Å². The maximum absolute atomic E-state index is 5.82. The first kappa shape index (κ1) is 17.6. The van der Waals surface area contributed by atoms with E-state index in [1.165, 1.54) is 0 Å². The van der Waals surface area contributed by atoms with Gasteiger partial charge in [0, 0.05) is 0 Å². The van der Waals surface area contributed by atoms with E-state index in [-0.39, 0.29) is 5.11 Å². The van der Waals surface area contributed by atoms with E-state index in [1.54, 1.807) is 20.4 Å². The van der Waals surface area contributed by atoms with Crippen LogP contribution in [0, 0.1) is 0 Å². The molecular weight excluding hydrogens is 326 g/mol. The van der Waals surface area contributed by atoms with Crippen LogP contribution in [-0.2, 0) is 6.61 Å². The van der Waals surface area contributed by atoms with E-state index in [4.69, 9.17) is 19.9 Å². The van der Waals surface area contributed by atoms with Crippen LogP contribution in [0.15, 0.2) is 47.6 Å². The third-order valence-electron chi connectivity index (χ3n) is 3.13. The van der Waals surface area contributed by atoms with Crippen LogP contribution in [0.25, 0.3) is 0 Å². The van der Waals surface area contributed by atoms with Gasteiger partial charge >= 0.3 is 0 Å². The highest BCUT2D eigenvalue weighted by Crippen LogP contribution is 2.28. The summed E-state index contributed by atoms with van der Waals surface area (Å²) in [5.41, 5.74) is 9.66. The number of ether oxygens (including phenoxy) is 3. The third kappa shape index (κ3) is 5.13. The van der Waals surface area contributed by atoms with E-state index in [9.17, 15) is 0 Å². The number of thiocarbonyl (C=S) groups is 1. The Morgan fingerprint density at radius 1 is 1.12 bits per heavy atom. The molecule has 0 fully saturated rings. The van der Waals surface area contributed by atoms with Gasteiger partial charge in [0.05, 0.1) is 20.4 Å². The molecule has 2 aromatic rings. The van der Waals surface area contributed by atoms with Crippen LogP contribution < -0.4 is 25.4 Å². The van der Waals surface area contributed by atoms with Crippen LogP contribution in [-0.4, -0.2) is 25.5 Å². The van der Waals surface area contributed by atoms with Crippen LogP contribution in [0.1, 0.15) is 11.1 Å². The molecule has 0 saturated heterocycles. The Balaban J connectivity index is 2.03. The summed E-state index contributed by atoms with van der Waals surface area (Å²) in [6.45, 7) is 0.427. The molecule has 24 heavy (non-hydrogen) atoms. The predicted molar refractivity (Wildman–Crippen MR) is 97.8 cm³/mol. The molecule has 0 atom stereocenters. The van der Waals surface area contributed by atoms with Gasteiger partial charge in [-0.2, -0.15) is 5.10 Å². The number of nitrogens with zero attached hydrogens (tertiary/aromatic N) is 1. The molecule has 0 aliphatic carbocycles. The molecular formula is C17H19N3O3S. The predicted octanol–water partition coefficient (Wildman–Crippen LogP) is 2.45. The lowest BCUT2D eigenvalue weighted by Crippen LogP contribution is -2.23. The van der Waals surface area contributed by atoms with E-state index in [0.29, 0.717) is 18.1 Å². The maximum atomic E-state index is 5.82. The average molecular weight is 345 g/mol. The third-order valence-corrected chi connectivity index (χ3v) is 3.22. The summed E-state index contributed by atoms with van der Waals surface area (Å²) < 4.78 is 16.3. The fourth-order valence-electron chi connectivity index (χ4n) is 1.94. The first-order valence-electron chi connectivity index (χ1n) is 7.14. The molecule has 0 spiro atoms. The van der Waals surface area contributed by atoms with Gasteiger partial charge in [0.2, 0.25) is 0 Å². The molecule has 7 heteroatoms. The monoisotopic (exact) mass is 345 g/mol. The summed E-state index contributed by atoms with van der Waals surface area (Å²) in [4.78, 5) is 0. The van der Waals surface area contributed by atoms with Crippen molar-refractivity contribution in [2.75, 3.05) is 14.2 Å². The molecule has 2 aromatic carbocycles. The van der Waals surface area contributed by atoms with Crippen molar-refractivity contribution in [3.8, 4) is 17.2 Å². The molecule has 0 aromatic heterocycles. The summed E-state index contributed by atoms with van der Waals surface area (Å²) >= 11 is 4.68. The van der Waals surface area contributed by atoms with Gasteiger partial charge in [-0.05, 0) is 53.7 Å². The highest BCUT2D eigenvalue weighted by molar-refractivity contribution is 7.80. The van der Waals surface area contributed by atoms with Crippen molar-refractivity contribution in [2.24, 2.45) is 10.8 Å². The van der Waals surface area contributed by atoms with E-state index >= 15 is 0 Å². The number of nitrogens with two attached hydrogens (primary N) is 1. The molecule has 126 valence electrons. The molecule has 0 saturated carbocycles. The highest BCUT2D eigenvalue weighted by Gasteiger charge is 2.06. The van der Waals surface area contributed by atoms with Crippen LogP contribution in [0.5, 0.6) is 17.2 Å².